The van der Waals surface area contributed by atoms with Gasteiger partial charge in [0.05, 0.1) is 6.04 Å². The van der Waals surface area contributed by atoms with Gasteiger partial charge in [-0.05, 0) is 68.1 Å². The van der Waals surface area contributed by atoms with E-state index in [0.717, 1.165) is 29.2 Å². The monoisotopic (exact) mass is 208 g/mol. The summed E-state index contributed by atoms with van der Waals surface area (Å²) >= 11 is 0. The van der Waals surface area contributed by atoms with E-state index in [9.17, 15) is 0 Å². The highest BCUT2D eigenvalue weighted by molar-refractivity contribution is 5.01. The summed E-state index contributed by atoms with van der Waals surface area (Å²) in [5.41, 5.74) is 5.09. The van der Waals surface area contributed by atoms with Gasteiger partial charge >= 0.3 is 0 Å². The van der Waals surface area contributed by atoms with E-state index in [0.29, 0.717) is 0 Å². The fourth-order valence-electron chi connectivity index (χ4n) is 5.30. The van der Waals surface area contributed by atoms with E-state index in [1.807, 2.05) is 0 Å². The summed E-state index contributed by atoms with van der Waals surface area (Å²) in [5.74, 6) is 3.33. The molecule has 3 N–H and O–H groups in total. The zero-order valence-corrected chi connectivity index (χ0v) is 10.2. The minimum atomic E-state index is 0.723. The predicted octanol–water partition coefficient (Wildman–Crippen LogP) is 2.61. The van der Waals surface area contributed by atoms with Crippen LogP contribution in [0, 0.1) is 23.2 Å². The Balaban J connectivity index is 1.75. The van der Waals surface area contributed by atoms with Gasteiger partial charge in [-0.2, -0.15) is 0 Å². The molecular formula is C14H26N+. The van der Waals surface area contributed by atoms with Gasteiger partial charge in [0.1, 0.15) is 0 Å². The summed E-state index contributed by atoms with van der Waals surface area (Å²) in [6, 6.07) is 0.723. The van der Waals surface area contributed by atoms with Gasteiger partial charge in [-0.3, -0.25) is 0 Å². The summed E-state index contributed by atoms with van der Waals surface area (Å²) in [7, 11) is 0. The number of hydrogen-bond acceptors (Lipinski definition) is 0. The van der Waals surface area contributed by atoms with Crippen molar-refractivity contribution < 1.29 is 5.73 Å². The van der Waals surface area contributed by atoms with Crippen molar-refractivity contribution in [3.8, 4) is 0 Å². The van der Waals surface area contributed by atoms with Crippen LogP contribution in [0.5, 0.6) is 0 Å². The van der Waals surface area contributed by atoms with E-state index < -0.39 is 0 Å². The fourth-order valence-corrected chi connectivity index (χ4v) is 5.30. The molecule has 0 aromatic rings. The third-order valence-electron chi connectivity index (χ3n) is 5.46. The molecule has 0 spiro atoms. The smallest absolute Gasteiger partial charge is 0.0846 e. The number of quaternary nitrogens is 1. The maximum Gasteiger partial charge on any atom is 0.0846 e. The van der Waals surface area contributed by atoms with E-state index in [1.165, 1.54) is 12.8 Å². The normalized spacial score (nSPS) is 49.6. The van der Waals surface area contributed by atoms with Crippen molar-refractivity contribution in [1.82, 2.24) is 0 Å². The van der Waals surface area contributed by atoms with Crippen molar-refractivity contribution in [3.63, 3.8) is 0 Å². The molecule has 15 heavy (non-hydrogen) atoms. The second-order valence-corrected chi connectivity index (χ2v) is 6.90. The van der Waals surface area contributed by atoms with Gasteiger partial charge in [-0.1, -0.05) is 6.92 Å². The van der Waals surface area contributed by atoms with Crippen molar-refractivity contribution in [2.75, 3.05) is 0 Å². The van der Waals surface area contributed by atoms with Crippen LogP contribution in [0.25, 0.3) is 0 Å². The molecule has 4 rings (SSSR count). The average Bonchev–Trinajstić information content (AvgIpc) is 2.14. The lowest BCUT2D eigenvalue weighted by Gasteiger charge is -2.57. The Morgan fingerprint density at radius 1 is 1.07 bits per heavy atom. The van der Waals surface area contributed by atoms with Crippen molar-refractivity contribution in [2.24, 2.45) is 23.2 Å². The first-order valence-corrected chi connectivity index (χ1v) is 7.02. The summed E-state index contributed by atoms with van der Waals surface area (Å²) in [6.45, 7) is 2.30. The van der Waals surface area contributed by atoms with Gasteiger partial charge in [0, 0.05) is 6.42 Å². The lowest BCUT2D eigenvalue weighted by molar-refractivity contribution is -0.428. The molecule has 0 unspecified atom stereocenters. The second kappa shape index (κ2) is 3.48. The fraction of sp³-hybridized carbons (Fsp3) is 1.00. The largest absolute Gasteiger partial charge is 0.355 e. The van der Waals surface area contributed by atoms with Gasteiger partial charge in [0.2, 0.25) is 0 Å². The van der Waals surface area contributed by atoms with Gasteiger partial charge < -0.3 is 5.73 Å². The molecule has 0 aliphatic heterocycles. The first kappa shape index (κ1) is 10.1. The molecule has 0 amide bonds. The van der Waals surface area contributed by atoms with Crippen LogP contribution >= 0.6 is 0 Å². The van der Waals surface area contributed by atoms with Crippen LogP contribution in [0.4, 0.5) is 0 Å². The van der Waals surface area contributed by atoms with Crippen LogP contribution in [0.2, 0.25) is 0 Å². The Labute approximate surface area is 93.8 Å². The molecule has 0 aromatic heterocycles. The Hall–Kier alpha value is -0.0400. The molecule has 4 saturated carbocycles. The average molecular weight is 208 g/mol. The molecule has 1 heteroatoms. The topological polar surface area (TPSA) is 27.6 Å². The zero-order chi connectivity index (χ0) is 10.5. The first-order valence-electron chi connectivity index (χ1n) is 7.02. The van der Waals surface area contributed by atoms with Crippen molar-refractivity contribution in [3.05, 3.63) is 0 Å². The lowest BCUT2D eigenvalue weighted by atomic mass is 9.48. The summed E-state index contributed by atoms with van der Waals surface area (Å²) in [6.07, 6.45) is 12.1. The summed E-state index contributed by atoms with van der Waals surface area (Å²) < 4.78 is 0. The van der Waals surface area contributed by atoms with E-state index in [-0.39, 0.29) is 0 Å². The standard InChI is InChI=1S/C14H25N/c1-2-13(15)9-14-6-10-3-11(7-14)5-12(4-10)8-14/h10-13H,2-9,15H2,1H3/p+1/t10?,11?,12?,13-,14?/m1/s1. The summed E-state index contributed by atoms with van der Waals surface area (Å²) in [5, 5.41) is 0. The Morgan fingerprint density at radius 3 is 1.93 bits per heavy atom. The van der Waals surface area contributed by atoms with E-state index in [4.69, 9.17) is 0 Å². The van der Waals surface area contributed by atoms with Crippen molar-refractivity contribution >= 4 is 0 Å². The van der Waals surface area contributed by atoms with Crippen molar-refractivity contribution in [2.45, 2.75) is 64.3 Å². The molecular weight excluding hydrogens is 182 g/mol. The molecule has 0 heterocycles. The highest BCUT2D eigenvalue weighted by Crippen LogP contribution is 2.61. The van der Waals surface area contributed by atoms with E-state index in [1.54, 1.807) is 38.5 Å². The summed E-state index contributed by atoms with van der Waals surface area (Å²) in [4.78, 5) is 0. The predicted molar refractivity (Wildman–Crippen MR) is 62.2 cm³/mol. The van der Waals surface area contributed by atoms with Crippen LogP contribution in [-0.4, -0.2) is 6.04 Å². The number of rotatable bonds is 3. The molecule has 1 atom stereocenters. The maximum atomic E-state index is 4.33. The van der Waals surface area contributed by atoms with Gasteiger partial charge in [0.15, 0.2) is 0 Å². The minimum Gasteiger partial charge on any atom is -0.355 e. The lowest BCUT2D eigenvalue weighted by Crippen LogP contribution is -2.63. The van der Waals surface area contributed by atoms with Crippen LogP contribution < -0.4 is 5.73 Å². The Bertz CT molecular complexity index is 210. The van der Waals surface area contributed by atoms with Gasteiger partial charge in [-0.25, -0.2) is 0 Å². The van der Waals surface area contributed by atoms with Crippen LogP contribution in [0.1, 0.15) is 58.3 Å². The first-order chi connectivity index (χ1) is 7.19. The Kier molecular flexibility index (Phi) is 2.35. The SMILES string of the molecule is CC[C@@H]([NH3+])CC12CC3CC(CC(C3)C1)C2. The molecule has 4 bridgehead atoms. The molecule has 4 aliphatic rings. The molecule has 0 aromatic carbocycles. The minimum absolute atomic E-state index is 0.723. The zero-order valence-electron chi connectivity index (χ0n) is 10.2. The third kappa shape index (κ3) is 1.73. The third-order valence-corrected chi connectivity index (χ3v) is 5.46. The second-order valence-electron chi connectivity index (χ2n) is 6.90. The maximum absolute atomic E-state index is 4.33. The van der Waals surface area contributed by atoms with Gasteiger partial charge in [-0.15, -0.1) is 0 Å². The molecule has 0 radical (unpaired) electrons. The van der Waals surface area contributed by atoms with Crippen LogP contribution in [0.3, 0.4) is 0 Å². The number of hydrogen-bond donors (Lipinski definition) is 1. The molecule has 0 saturated heterocycles. The molecule has 86 valence electrons. The van der Waals surface area contributed by atoms with Crippen LogP contribution in [0.15, 0.2) is 0 Å². The molecule has 1 nitrogen and oxygen atoms in total. The van der Waals surface area contributed by atoms with E-state index in [2.05, 4.69) is 12.7 Å². The quantitative estimate of drug-likeness (QED) is 0.738. The Morgan fingerprint density at radius 2 is 1.53 bits per heavy atom. The van der Waals surface area contributed by atoms with Crippen LogP contribution in [-0.2, 0) is 0 Å². The molecule has 4 aliphatic carbocycles. The highest BCUT2D eigenvalue weighted by Gasteiger charge is 2.51. The van der Waals surface area contributed by atoms with E-state index >= 15 is 0 Å². The highest BCUT2D eigenvalue weighted by atomic mass is 14.7. The molecule has 4 fully saturated rings. The van der Waals surface area contributed by atoms with Crippen molar-refractivity contribution in [1.29, 1.82) is 0 Å². The van der Waals surface area contributed by atoms with Gasteiger partial charge in [0.25, 0.3) is 0 Å².